The fourth-order valence-corrected chi connectivity index (χ4v) is 2.93. The van der Waals surface area contributed by atoms with Gasteiger partial charge in [0.25, 0.3) is 0 Å². The number of nitrogens with zero attached hydrogens (tertiary/aromatic N) is 1. The third kappa shape index (κ3) is 7.30. The summed E-state index contributed by atoms with van der Waals surface area (Å²) in [5.41, 5.74) is 3.53. The number of hydrazone groups is 1. The van der Waals surface area contributed by atoms with Crippen molar-refractivity contribution in [2.75, 3.05) is 21.3 Å². The minimum absolute atomic E-state index is 0.103. The summed E-state index contributed by atoms with van der Waals surface area (Å²) in [5, 5.41) is 3.96. The van der Waals surface area contributed by atoms with E-state index in [0.29, 0.717) is 29.4 Å². The van der Waals surface area contributed by atoms with Crippen LogP contribution in [0.4, 0.5) is 0 Å². The van der Waals surface area contributed by atoms with Crippen LogP contribution in [0.3, 0.4) is 0 Å². The van der Waals surface area contributed by atoms with Crippen LogP contribution in [0, 0.1) is 0 Å². The van der Waals surface area contributed by atoms with Crippen LogP contribution in [0.25, 0.3) is 0 Å². The number of ether oxygens (including phenoxy) is 4. The molecule has 1 amide bonds. The molecule has 2 aromatic rings. The first-order chi connectivity index (χ1) is 15.5. The zero-order chi connectivity index (χ0) is 23.3. The van der Waals surface area contributed by atoms with E-state index in [1.54, 1.807) is 24.3 Å². The molecule has 2 rings (SSSR count). The molecule has 0 fully saturated rings. The Kier molecular flexibility index (Phi) is 10.0. The standard InChI is InChI=1S/C24H30N2O6/c1-5-6-7-8-9-22(27)26-25-16-17-10-12-19(13-11-17)32-24(28)18-14-20(29-2)23(31-4)21(15-18)30-3/h10-16H,5-9H2,1-4H3,(H,26,27). The van der Waals surface area contributed by atoms with Crippen LogP contribution in [0.15, 0.2) is 41.5 Å². The number of carbonyl (C=O) groups excluding carboxylic acids is 2. The molecule has 8 nitrogen and oxygen atoms in total. The number of hydrogen-bond acceptors (Lipinski definition) is 7. The molecule has 0 saturated carbocycles. The van der Waals surface area contributed by atoms with Crippen LogP contribution in [-0.4, -0.2) is 39.4 Å². The highest BCUT2D eigenvalue weighted by molar-refractivity contribution is 5.93. The Bertz CT molecular complexity index is 900. The summed E-state index contributed by atoms with van der Waals surface area (Å²) >= 11 is 0. The summed E-state index contributed by atoms with van der Waals surface area (Å²) in [7, 11) is 4.44. The molecule has 0 unspecified atom stereocenters. The molecule has 2 aromatic carbocycles. The SMILES string of the molecule is CCCCCCC(=O)NN=Cc1ccc(OC(=O)c2cc(OC)c(OC)c(OC)c2)cc1. The van der Waals surface area contributed by atoms with E-state index in [-0.39, 0.29) is 11.5 Å². The van der Waals surface area contributed by atoms with E-state index in [1.165, 1.54) is 39.7 Å². The normalized spacial score (nSPS) is 10.6. The number of carbonyl (C=O) groups is 2. The number of unbranched alkanes of at least 4 members (excludes halogenated alkanes) is 3. The van der Waals surface area contributed by atoms with Gasteiger partial charge in [0.05, 0.1) is 33.1 Å². The second-order valence-electron chi connectivity index (χ2n) is 6.98. The Morgan fingerprint density at radius 2 is 1.59 bits per heavy atom. The van der Waals surface area contributed by atoms with Gasteiger partial charge in [0.1, 0.15) is 5.75 Å². The number of esters is 1. The first kappa shape index (κ1) is 24.7. The third-order valence-corrected chi connectivity index (χ3v) is 4.65. The van der Waals surface area contributed by atoms with Crippen molar-refractivity contribution in [3.05, 3.63) is 47.5 Å². The van der Waals surface area contributed by atoms with Gasteiger partial charge in [-0.15, -0.1) is 0 Å². The van der Waals surface area contributed by atoms with Crippen molar-refractivity contribution in [1.82, 2.24) is 5.43 Å². The van der Waals surface area contributed by atoms with Crippen LogP contribution >= 0.6 is 0 Å². The van der Waals surface area contributed by atoms with Crippen LogP contribution in [0.2, 0.25) is 0 Å². The molecule has 0 spiro atoms. The minimum atomic E-state index is -0.569. The van der Waals surface area contributed by atoms with E-state index in [2.05, 4.69) is 17.5 Å². The minimum Gasteiger partial charge on any atom is -0.493 e. The number of amides is 1. The second kappa shape index (κ2) is 13.0. The average Bonchev–Trinajstić information content (AvgIpc) is 2.81. The van der Waals surface area contributed by atoms with Gasteiger partial charge in [-0.2, -0.15) is 5.10 Å². The van der Waals surface area contributed by atoms with Gasteiger partial charge in [0.2, 0.25) is 11.7 Å². The van der Waals surface area contributed by atoms with Gasteiger partial charge in [-0.1, -0.05) is 26.2 Å². The molecule has 0 radical (unpaired) electrons. The van der Waals surface area contributed by atoms with Gasteiger partial charge in [0.15, 0.2) is 11.5 Å². The Balaban J connectivity index is 1.95. The monoisotopic (exact) mass is 442 g/mol. The lowest BCUT2D eigenvalue weighted by Crippen LogP contribution is -2.16. The summed E-state index contributed by atoms with van der Waals surface area (Å²) < 4.78 is 21.2. The molecule has 0 heterocycles. The maximum atomic E-state index is 12.6. The van der Waals surface area contributed by atoms with Crippen molar-refractivity contribution in [2.24, 2.45) is 5.10 Å². The number of rotatable bonds is 12. The van der Waals surface area contributed by atoms with E-state index < -0.39 is 5.97 Å². The number of methoxy groups -OCH3 is 3. The zero-order valence-electron chi connectivity index (χ0n) is 19.0. The number of benzene rings is 2. The summed E-state index contributed by atoms with van der Waals surface area (Å²) in [6, 6.07) is 9.79. The number of nitrogens with one attached hydrogen (secondary N) is 1. The van der Waals surface area contributed by atoms with Crippen molar-refractivity contribution in [1.29, 1.82) is 0 Å². The topological polar surface area (TPSA) is 95.5 Å². The molecule has 0 bridgehead atoms. The highest BCUT2D eigenvalue weighted by Gasteiger charge is 2.18. The third-order valence-electron chi connectivity index (χ3n) is 4.65. The highest BCUT2D eigenvalue weighted by atomic mass is 16.5. The molecule has 0 aliphatic rings. The molecule has 0 aromatic heterocycles. The highest BCUT2D eigenvalue weighted by Crippen LogP contribution is 2.38. The summed E-state index contributed by atoms with van der Waals surface area (Å²) in [6.07, 6.45) is 6.17. The smallest absolute Gasteiger partial charge is 0.343 e. The number of hydrogen-bond donors (Lipinski definition) is 1. The van der Waals surface area contributed by atoms with E-state index in [4.69, 9.17) is 18.9 Å². The molecular weight excluding hydrogens is 412 g/mol. The van der Waals surface area contributed by atoms with E-state index >= 15 is 0 Å². The molecule has 0 aliphatic carbocycles. The van der Waals surface area contributed by atoms with Gasteiger partial charge in [0, 0.05) is 6.42 Å². The predicted octanol–water partition coefficient (Wildman–Crippen LogP) is 4.35. The predicted molar refractivity (Wildman–Crippen MR) is 122 cm³/mol. The molecule has 32 heavy (non-hydrogen) atoms. The summed E-state index contributed by atoms with van der Waals surface area (Å²) in [4.78, 5) is 24.3. The first-order valence-corrected chi connectivity index (χ1v) is 10.5. The van der Waals surface area contributed by atoms with Gasteiger partial charge in [-0.3, -0.25) is 4.79 Å². The maximum Gasteiger partial charge on any atom is 0.343 e. The average molecular weight is 443 g/mol. The van der Waals surface area contributed by atoms with E-state index in [0.717, 1.165) is 31.2 Å². The van der Waals surface area contributed by atoms with Crippen molar-refractivity contribution in [3.8, 4) is 23.0 Å². The molecule has 0 atom stereocenters. The Morgan fingerprint density at radius 3 is 2.16 bits per heavy atom. The Labute approximate surface area is 188 Å². The summed E-state index contributed by atoms with van der Waals surface area (Å²) in [6.45, 7) is 2.13. The molecule has 172 valence electrons. The second-order valence-corrected chi connectivity index (χ2v) is 6.98. The van der Waals surface area contributed by atoms with Gasteiger partial charge in [-0.25, -0.2) is 10.2 Å². The van der Waals surface area contributed by atoms with Crippen LogP contribution in [0.5, 0.6) is 23.0 Å². The van der Waals surface area contributed by atoms with Crippen LogP contribution < -0.4 is 24.4 Å². The lowest BCUT2D eigenvalue weighted by molar-refractivity contribution is -0.121. The van der Waals surface area contributed by atoms with Gasteiger partial charge >= 0.3 is 5.97 Å². The Morgan fingerprint density at radius 1 is 0.938 bits per heavy atom. The van der Waals surface area contributed by atoms with Gasteiger partial charge in [-0.05, 0) is 48.4 Å². The first-order valence-electron chi connectivity index (χ1n) is 10.5. The molecule has 0 aliphatic heterocycles. The lowest BCUT2D eigenvalue weighted by atomic mass is 10.1. The van der Waals surface area contributed by atoms with Crippen LogP contribution in [-0.2, 0) is 4.79 Å². The molecular formula is C24H30N2O6. The molecule has 1 N–H and O–H groups in total. The quantitative estimate of drug-likeness (QED) is 0.173. The van der Waals surface area contributed by atoms with Crippen molar-refractivity contribution >= 4 is 18.1 Å². The van der Waals surface area contributed by atoms with Crippen molar-refractivity contribution in [3.63, 3.8) is 0 Å². The van der Waals surface area contributed by atoms with Crippen LogP contribution in [0.1, 0.15) is 54.9 Å². The fourth-order valence-electron chi connectivity index (χ4n) is 2.93. The van der Waals surface area contributed by atoms with Gasteiger partial charge < -0.3 is 18.9 Å². The summed E-state index contributed by atoms with van der Waals surface area (Å²) in [5.74, 6) is 0.800. The maximum absolute atomic E-state index is 12.6. The zero-order valence-corrected chi connectivity index (χ0v) is 19.0. The Hall–Kier alpha value is -3.55. The van der Waals surface area contributed by atoms with Crippen molar-refractivity contribution in [2.45, 2.75) is 39.0 Å². The van der Waals surface area contributed by atoms with E-state index in [1.807, 2.05) is 0 Å². The fraction of sp³-hybridized carbons (Fsp3) is 0.375. The largest absolute Gasteiger partial charge is 0.493 e. The molecule has 0 saturated heterocycles. The molecule has 8 heteroatoms. The lowest BCUT2D eigenvalue weighted by Gasteiger charge is -2.13. The van der Waals surface area contributed by atoms with E-state index in [9.17, 15) is 9.59 Å². The van der Waals surface area contributed by atoms with Crippen molar-refractivity contribution < 1.29 is 28.5 Å².